The largest absolute Gasteiger partial charge is 0.325 e. The Bertz CT molecular complexity index is 274. The highest BCUT2D eigenvalue weighted by atomic mass is 32.1. The fourth-order valence-corrected chi connectivity index (χ4v) is 3.03. The van der Waals surface area contributed by atoms with Gasteiger partial charge in [-0.1, -0.05) is 32.1 Å². The summed E-state index contributed by atoms with van der Waals surface area (Å²) in [6.07, 6.45) is 10.0. The van der Waals surface area contributed by atoms with Gasteiger partial charge in [0.15, 0.2) is 0 Å². The van der Waals surface area contributed by atoms with Gasteiger partial charge in [0.25, 0.3) is 0 Å². The lowest BCUT2D eigenvalue weighted by molar-refractivity contribution is 0.312. The molecule has 0 unspecified atom stereocenters. The van der Waals surface area contributed by atoms with Crippen molar-refractivity contribution in [3.05, 3.63) is 16.6 Å². The summed E-state index contributed by atoms with van der Waals surface area (Å²) in [5.74, 6) is 0. The van der Waals surface area contributed by atoms with Gasteiger partial charge in [-0.05, 0) is 12.8 Å². The van der Waals surface area contributed by atoms with Gasteiger partial charge < -0.3 is 5.73 Å². The molecule has 0 atom stereocenters. The van der Waals surface area contributed by atoms with E-state index in [1.807, 2.05) is 5.51 Å². The quantitative estimate of drug-likeness (QED) is 0.838. The molecule has 15 heavy (non-hydrogen) atoms. The second-order valence-electron chi connectivity index (χ2n) is 4.79. The van der Waals surface area contributed by atoms with E-state index < -0.39 is 0 Å². The molecule has 0 aliphatic heterocycles. The van der Waals surface area contributed by atoms with Gasteiger partial charge in [-0.3, -0.25) is 0 Å². The van der Waals surface area contributed by atoms with E-state index in [4.69, 9.17) is 5.73 Å². The van der Waals surface area contributed by atoms with Gasteiger partial charge in [0.2, 0.25) is 0 Å². The van der Waals surface area contributed by atoms with E-state index in [1.165, 1.54) is 50.6 Å². The number of aromatic nitrogens is 1. The summed E-state index contributed by atoms with van der Waals surface area (Å²) in [5, 5.41) is 2.13. The van der Waals surface area contributed by atoms with Crippen molar-refractivity contribution in [1.29, 1.82) is 0 Å². The average Bonchev–Trinajstić information content (AvgIpc) is 2.65. The third-order valence-electron chi connectivity index (χ3n) is 3.37. The summed E-state index contributed by atoms with van der Waals surface area (Å²) >= 11 is 1.67. The monoisotopic (exact) mass is 224 g/mol. The molecule has 84 valence electrons. The zero-order valence-corrected chi connectivity index (χ0v) is 10.1. The van der Waals surface area contributed by atoms with Crippen LogP contribution in [0, 0.1) is 0 Å². The minimum Gasteiger partial charge on any atom is -0.325 e. The van der Waals surface area contributed by atoms with Crippen LogP contribution in [0.5, 0.6) is 0 Å². The average molecular weight is 224 g/mol. The van der Waals surface area contributed by atoms with Crippen LogP contribution in [0.2, 0.25) is 0 Å². The fraction of sp³-hybridized carbons (Fsp3) is 0.750. The molecule has 1 aliphatic carbocycles. The van der Waals surface area contributed by atoms with Crippen molar-refractivity contribution in [2.75, 3.05) is 0 Å². The van der Waals surface area contributed by atoms with Crippen molar-refractivity contribution < 1.29 is 0 Å². The van der Waals surface area contributed by atoms with Crippen LogP contribution in [0.25, 0.3) is 0 Å². The predicted molar refractivity (Wildman–Crippen MR) is 65.1 cm³/mol. The zero-order chi connectivity index (χ0) is 10.6. The van der Waals surface area contributed by atoms with Crippen molar-refractivity contribution in [2.45, 2.75) is 56.9 Å². The third kappa shape index (κ3) is 3.28. The minimum absolute atomic E-state index is 0.0223. The third-order valence-corrected chi connectivity index (χ3v) is 4.00. The number of nitrogens with two attached hydrogens (primary N) is 1. The van der Waals surface area contributed by atoms with Crippen molar-refractivity contribution in [3.8, 4) is 0 Å². The Hall–Kier alpha value is -0.410. The van der Waals surface area contributed by atoms with Gasteiger partial charge >= 0.3 is 0 Å². The molecule has 1 aromatic rings. The van der Waals surface area contributed by atoms with Crippen LogP contribution in [0.4, 0.5) is 0 Å². The maximum absolute atomic E-state index is 6.48. The molecular formula is C12H20N2S. The molecule has 2 N–H and O–H groups in total. The minimum atomic E-state index is 0.0223. The van der Waals surface area contributed by atoms with Gasteiger partial charge in [0.1, 0.15) is 0 Å². The van der Waals surface area contributed by atoms with E-state index in [1.54, 1.807) is 11.3 Å². The molecule has 0 saturated heterocycles. The van der Waals surface area contributed by atoms with Crippen LogP contribution in [-0.2, 0) is 6.42 Å². The molecule has 1 aromatic heterocycles. The first kappa shape index (κ1) is 11.1. The van der Waals surface area contributed by atoms with Gasteiger partial charge in [-0.15, -0.1) is 11.3 Å². The second-order valence-corrected chi connectivity index (χ2v) is 5.51. The summed E-state index contributed by atoms with van der Waals surface area (Å²) in [5.41, 5.74) is 9.59. The highest BCUT2D eigenvalue weighted by molar-refractivity contribution is 7.07. The molecule has 0 spiro atoms. The van der Waals surface area contributed by atoms with Gasteiger partial charge in [0.05, 0.1) is 11.2 Å². The number of hydrogen-bond donors (Lipinski definition) is 1. The first-order valence-electron chi connectivity index (χ1n) is 5.94. The van der Waals surface area contributed by atoms with Gasteiger partial charge in [-0.2, -0.15) is 0 Å². The maximum Gasteiger partial charge on any atom is 0.0794 e. The summed E-state index contributed by atoms with van der Waals surface area (Å²) in [7, 11) is 0. The van der Waals surface area contributed by atoms with Crippen LogP contribution >= 0.6 is 11.3 Å². The standard InChI is InChI=1S/C12H20N2S/c13-12(8-11-9-15-10-14-11)6-4-2-1-3-5-7-12/h9-10H,1-8,13H2. The molecule has 0 aromatic carbocycles. The Balaban J connectivity index is 1.96. The van der Waals surface area contributed by atoms with Crippen LogP contribution in [0.1, 0.15) is 50.6 Å². The lowest BCUT2D eigenvalue weighted by Crippen LogP contribution is -2.42. The van der Waals surface area contributed by atoms with Crippen molar-refractivity contribution >= 4 is 11.3 Å². The van der Waals surface area contributed by atoms with Gasteiger partial charge in [0, 0.05) is 17.3 Å². The Morgan fingerprint density at radius 2 is 1.87 bits per heavy atom. The number of rotatable bonds is 2. The fourth-order valence-electron chi connectivity index (χ4n) is 2.47. The predicted octanol–water partition coefficient (Wildman–Crippen LogP) is 3.13. The Morgan fingerprint density at radius 1 is 1.20 bits per heavy atom. The SMILES string of the molecule is NC1(Cc2cscn2)CCCCCCC1. The normalized spacial score (nSPS) is 21.9. The summed E-state index contributed by atoms with van der Waals surface area (Å²) in [6.45, 7) is 0. The van der Waals surface area contributed by atoms with E-state index in [0.29, 0.717) is 0 Å². The molecular weight excluding hydrogens is 204 g/mol. The van der Waals surface area contributed by atoms with Crippen molar-refractivity contribution in [3.63, 3.8) is 0 Å². The molecule has 2 nitrogen and oxygen atoms in total. The zero-order valence-electron chi connectivity index (χ0n) is 9.24. The lowest BCUT2D eigenvalue weighted by Gasteiger charge is -2.30. The molecule has 0 bridgehead atoms. The molecule has 3 heteroatoms. The Kier molecular flexibility index (Phi) is 3.76. The first-order chi connectivity index (χ1) is 7.29. The summed E-state index contributed by atoms with van der Waals surface area (Å²) < 4.78 is 0. The molecule has 1 saturated carbocycles. The van der Waals surface area contributed by atoms with Crippen LogP contribution in [0.15, 0.2) is 10.9 Å². The van der Waals surface area contributed by atoms with Crippen molar-refractivity contribution in [2.24, 2.45) is 5.73 Å². The first-order valence-corrected chi connectivity index (χ1v) is 6.89. The number of nitrogens with zero attached hydrogens (tertiary/aromatic N) is 1. The van der Waals surface area contributed by atoms with E-state index in [9.17, 15) is 0 Å². The smallest absolute Gasteiger partial charge is 0.0794 e. The summed E-state index contributed by atoms with van der Waals surface area (Å²) in [6, 6.07) is 0. The van der Waals surface area contributed by atoms with Crippen LogP contribution in [0.3, 0.4) is 0 Å². The summed E-state index contributed by atoms with van der Waals surface area (Å²) in [4.78, 5) is 4.35. The van der Waals surface area contributed by atoms with E-state index in [-0.39, 0.29) is 5.54 Å². The molecule has 1 aliphatic rings. The highest BCUT2D eigenvalue weighted by Gasteiger charge is 2.26. The van der Waals surface area contributed by atoms with E-state index in [0.717, 1.165) is 6.42 Å². The van der Waals surface area contributed by atoms with E-state index >= 15 is 0 Å². The number of thiazole rings is 1. The molecule has 0 amide bonds. The molecule has 2 rings (SSSR count). The maximum atomic E-state index is 6.48. The van der Waals surface area contributed by atoms with Gasteiger partial charge in [-0.25, -0.2) is 4.98 Å². The molecule has 1 fully saturated rings. The number of hydrogen-bond acceptors (Lipinski definition) is 3. The highest BCUT2D eigenvalue weighted by Crippen LogP contribution is 2.27. The Labute approximate surface area is 95.9 Å². The van der Waals surface area contributed by atoms with E-state index in [2.05, 4.69) is 10.4 Å². The van der Waals surface area contributed by atoms with Crippen LogP contribution in [-0.4, -0.2) is 10.5 Å². The second kappa shape index (κ2) is 5.08. The molecule has 1 heterocycles. The lowest BCUT2D eigenvalue weighted by atomic mass is 9.82. The molecule has 0 radical (unpaired) electrons. The van der Waals surface area contributed by atoms with Crippen molar-refractivity contribution in [1.82, 2.24) is 4.98 Å². The Morgan fingerprint density at radius 3 is 2.47 bits per heavy atom. The van der Waals surface area contributed by atoms with Crippen LogP contribution < -0.4 is 5.73 Å². The topological polar surface area (TPSA) is 38.9 Å².